The number of benzene rings is 1. The van der Waals surface area contributed by atoms with Gasteiger partial charge in [0.2, 0.25) is 0 Å². The minimum Gasteiger partial charge on any atom is -0.319 e. The van der Waals surface area contributed by atoms with Crippen LogP contribution >= 0.6 is 11.6 Å². The summed E-state index contributed by atoms with van der Waals surface area (Å²) in [5.41, 5.74) is 1.25. The molecule has 1 aromatic carbocycles. The lowest BCUT2D eigenvalue weighted by Gasteiger charge is -2.20. The van der Waals surface area contributed by atoms with E-state index in [-0.39, 0.29) is 0 Å². The Labute approximate surface area is 91.5 Å². The zero-order valence-corrected chi connectivity index (χ0v) is 9.81. The molecule has 78 valence electrons. The van der Waals surface area contributed by atoms with Crippen LogP contribution in [0, 0.1) is 5.92 Å². The van der Waals surface area contributed by atoms with Crippen LogP contribution in [0.15, 0.2) is 24.3 Å². The largest absolute Gasteiger partial charge is 0.319 e. The molecule has 0 aliphatic heterocycles. The van der Waals surface area contributed by atoms with Gasteiger partial charge in [-0.05, 0) is 37.1 Å². The molecule has 2 unspecified atom stereocenters. The monoisotopic (exact) mass is 211 g/mol. The normalized spacial score (nSPS) is 15.1. The van der Waals surface area contributed by atoms with Crippen molar-refractivity contribution in [2.24, 2.45) is 5.92 Å². The maximum Gasteiger partial charge on any atom is 0.0440 e. The average Bonchev–Trinajstić information content (AvgIpc) is 2.18. The van der Waals surface area contributed by atoms with Crippen molar-refractivity contribution in [1.29, 1.82) is 0 Å². The number of rotatable bonds is 4. The fourth-order valence-corrected chi connectivity index (χ4v) is 1.96. The Kier molecular flexibility index (Phi) is 4.43. The van der Waals surface area contributed by atoms with Crippen LogP contribution in [-0.2, 0) is 0 Å². The zero-order valence-electron chi connectivity index (χ0n) is 9.05. The molecular weight excluding hydrogens is 194 g/mol. The Hall–Kier alpha value is -0.530. The SMILES string of the molecule is CNCC(C)C(C)c1ccccc1Cl. The molecule has 0 radical (unpaired) electrons. The third-order valence-corrected chi connectivity index (χ3v) is 3.12. The molecule has 14 heavy (non-hydrogen) atoms. The highest BCUT2D eigenvalue weighted by atomic mass is 35.5. The first-order valence-corrected chi connectivity index (χ1v) is 5.43. The third-order valence-electron chi connectivity index (χ3n) is 2.78. The van der Waals surface area contributed by atoms with E-state index in [1.807, 2.05) is 25.2 Å². The summed E-state index contributed by atoms with van der Waals surface area (Å²) in [6, 6.07) is 8.09. The molecule has 0 spiro atoms. The van der Waals surface area contributed by atoms with Gasteiger partial charge in [-0.15, -0.1) is 0 Å². The van der Waals surface area contributed by atoms with E-state index in [4.69, 9.17) is 11.6 Å². The van der Waals surface area contributed by atoms with Gasteiger partial charge in [-0.25, -0.2) is 0 Å². The molecule has 0 heterocycles. The lowest BCUT2D eigenvalue weighted by molar-refractivity contribution is 0.466. The van der Waals surface area contributed by atoms with E-state index in [1.165, 1.54) is 5.56 Å². The summed E-state index contributed by atoms with van der Waals surface area (Å²) in [5, 5.41) is 4.07. The van der Waals surface area contributed by atoms with Gasteiger partial charge < -0.3 is 5.32 Å². The van der Waals surface area contributed by atoms with Gasteiger partial charge >= 0.3 is 0 Å². The van der Waals surface area contributed by atoms with E-state index in [0.29, 0.717) is 11.8 Å². The topological polar surface area (TPSA) is 12.0 Å². The van der Waals surface area contributed by atoms with Gasteiger partial charge in [0, 0.05) is 5.02 Å². The molecule has 0 saturated heterocycles. The molecule has 0 amide bonds. The second-order valence-corrected chi connectivity index (χ2v) is 4.25. The molecule has 0 aliphatic carbocycles. The Morgan fingerprint density at radius 2 is 1.93 bits per heavy atom. The average molecular weight is 212 g/mol. The van der Waals surface area contributed by atoms with Crippen LogP contribution < -0.4 is 5.32 Å². The van der Waals surface area contributed by atoms with E-state index >= 15 is 0 Å². The van der Waals surface area contributed by atoms with Crippen molar-refractivity contribution in [2.45, 2.75) is 19.8 Å². The first kappa shape index (κ1) is 11.5. The van der Waals surface area contributed by atoms with Crippen molar-refractivity contribution in [3.05, 3.63) is 34.9 Å². The van der Waals surface area contributed by atoms with Gasteiger partial charge in [0.1, 0.15) is 0 Å². The summed E-state index contributed by atoms with van der Waals surface area (Å²) in [6.07, 6.45) is 0. The van der Waals surface area contributed by atoms with E-state index in [9.17, 15) is 0 Å². The van der Waals surface area contributed by atoms with Crippen molar-refractivity contribution < 1.29 is 0 Å². The molecule has 0 saturated carbocycles. The highest BCUT2D eigenvalue weighted by molar-refractivity contribution is 6.31. The van der Waals surface area contributed by atoms with E-state index < -0.39 is 0 Å². The fourth-order valence-electron chi connectivity index (χ4n) is 1.65. The number of hydrogen-bond donors (Lipinski definition) is 1. The van der Waals surface area contributed by atoms with Crippen LogP contribution in [0.4, 0.5) is 0 Å². The van der Waals surface area contributed by atoms with Gasteiger partial charge in [-0.1, -0.05) is 43.6 Å². The minimum atomic E-state index is 0.496. The standard InChI is InChI=1S/C12H18ClN/c1-9(8-14-3)10(2)11-6-4-5-7-12(11)13/h4-7,9-10,14H,8H2,1-3H3. The first-order valence-electron chi connectivity index (χ1n) is 5.05. The van der Waals surface area contributed by atoms with Crippen molar-refractivity contribution in [1.82, 2.24) is 5.32 Å². The summed E-state index contributed by atoms with van der Waals surface area (Å²) in [5.74, 6) is 1.09. The molecule has 0 aromatic heterocycles. The zero-order chi connectivity index (χ0) is 10.6. The van der Waals surface area contributed by atoms with Crippen LogP contribution in [0.3, 0.4) is 0 Å². The van der Waals surface area contributed by atoms with Gasteiger partial charge in [-0.2, -0.15) is 0 Å². The predicted molar refractivity (Wildman–Crippen MR) is 63.0 cm³/mol. The Bertz CT molecular complexity index is 285. The summed E-state index contributed by atoms with van der Waals surface area (Å²) in [6.45, 7) is 5.49. The summed E-state index contributed by atoms with van der Waals surface area (Å²) < 4.78 is 0. The smallest absolute Gasteiger partial charge is 0.0440 e. The van der Waals surface area contributed by atoms with E-state index in [1.54, 1.807) is 0 Å². The first-order chi connectivity index (χ1) is 6.66. The van der Waals surface area contributed by atoms with E-state index in [2.05, 4.69) is 25.2 Å². The molecule has 2 heteroatoms. The molecule has 0 fully saturated rings. The molecule has 1 nitrogen and oxygen atoms in total. The Morgan fingerprint density at radius 3 is 2.50 bits per heavy atom. The minimum absolute atomic E-state index is 0.496. The number of hydrogen-bond acceptors (Lipinski definition) is 1. The van der Waals surface area contributed by atoms with Crippen LogP contribution in [0.1, 0.15) is 25.3 Å². The summed E-state index contributed by atoms with van der Waals surface area (Å²) in [4.78, 5) is 0. The summed E-state index contributed by atoms with van der Waals surface area (Å²) >= 11 is 6.14. The Morgan fingerprint density at radius 1 is 1.29 bits per heavy atom. The van der Waals surface area contributed by atoms with Gasteiger partial charge in [0.15, 0.2) is 0 Å². The maximum atomic E-state index is 6.14. The molecule has 0 bridgehead atoms. The fraction of sp³-hybridized carbons (Fsp3) is 0.500. The quantitative estimate of drug-likeness (QED) is 0.806. The highest BCUT2D eigenvalue weighted by Crippen LogP contribution is 2.29. The third kappa shape index (κ3) is 2.73. The summed E-state index contributed by atoms with van der Waals surface area (Å²) in [7, 11) is 1.98. The van der Waals surface area contributed by atoms with Crippen molar-refractivity contribution >= 4 is 11.6 Å². The van der Waals surface area contributed by atoms with Crippen molar-refractivity contribution in [3.8, 4) is 0 Å². The lowest BCUT2D eigenvalue weighted by atomic mass is 9.89. The van der Waals surface area contributed by atoms with Crippen LogP contribution in [-0.4, -0.2) is 13.6 Å². The molecule has 1 aromatic rings. The van der Waals surface area contributed by atoms with Crippen LogP contribution in [0.2, 0.25) is 5.02 Å². The van der Waals surface area contributed by atoms with Gasteiger partial charge in [0.05, 0.1) is 0 Å². The molecule has 1 rings (SSSR count). The number of halogens is 1. The number of nitrogens with one attached hydrogen (secondary N) is 1. The maximum absolute atomic E-state index is 6.14. The highest BCUT2D eigenvalue weighted by Gasteiger charge is 2.15. The van der Waals surface area contributed by atoms with Crippen LogP contribution in [0.25, 0.3) is 0 Å². The molecule has 2 atom stereocenters. The lowest BCUT2D eigenvalue weighted by Crippen LogP contribution is -2.20. The van der Waals surface area contributed by atoms with Gasteiger partial charge in [0.25, 0.3) is 0 Å². The second-order valence-electron chi connectivity index (χ2n) is 3.85. The molecular formula is C12H18ClN. The predicted octanol–water partition coefficient (Wildman–Crippen LogP) is 3.30. The van der Waals surface area contributed by atoms with E-state index in [0.717, 1.165) is 11.6 Å². The second kappa shape index (κ2) is 5.38. The van der Waals surface area contributed by atoms with Gasteiger partial charge in [-0.3, -0.25) is 0 Å². The van der Waals surface area contributed by atoms with Crippen molar-refractivity contribution in [2.75, 3.05) is 13.6 Å². The molecule has 1 N–H and O–H groups in total. The van der Waals surface area contributed by atoms with Crippen molar-refractivity contribution in [3.63, 3.8) is 0 Å². The van der Waals surface area contributed by atoms with Crippen LogP contribution in [0.5, 0.6) is 0 Å². The molecule has 0 aliphatic rings. The Balaban J connectivity index is 2.78.